The Labute approximate surface area is 152 Å². The van der Waals surface area contributed by atoms with Crippen molar-refractivity contribution in [3.05, 3.63) is 34.4 Å². The van der Waals surface area contributed by atoms with Crippen molar-refractivity contribution in [1.29, 1.82) is 0 Å². The minimum absolute atomic E-state index is 0.164. The fraction of sp³-hybridized carbons (Fsp3) is 0.591. The third-order valence-electron chi connectivity index (χ3n) is 4.83. The summed E-state index contributed by atoms with van der Waals surface area (Å²) in [5.74, 6) is 5.55. The molecule has 3 nitrogen and oxygen atoms in total. The molecule has 0 aliphatic heterocycles. The average Bonchev–Trinajstić information content (AvgIpc) is 2.50. The van der Waals surface area contributed by atoms with E-state index in [1.54, 1.807) is 13.0 Å². The van der Waals surface area contributed by atoms with Gasteiger partial charge in [0.05, 0.1) is 0 Å². The predicted octanol–water partition coefficient (Wildman–Crippen LogP) is 4.72. The second-order valence-electron chi connectivity index (χ2n) is 7.51. The van der Waals surface area contributed by atoms with Crippen molar-refractivity contribution < 1.29 is 14.6 Å². The van der Waals surface area contributed by atoms with Gasteiger partial charge in [0.15, 0.2) is 0 Å². The Morgan fingerprint density at radius 2 is 2.00 bits per heavy atom. The molecule has 0 spiro atoms. The van der Waals surface area contributed by atoms with Crippen LogP contribution in [0.15, 0.2) is 34.4 Å². The summed E-state index contributed by atoms with van der Waals surface area (Å²) in [4.78, 5) is 10.7. The first-order valence-corrected chi connectivity index (χ1v) is 8.99. The lowest BCUT2D eigenvalue weighted by atomic mass is 9.71. The number of allylic oxidation sites excluding steroid dienone is 4. The minimum Gasteiger partial charge on any atom is -0.462 e. The highest BCUT2D eigenvalue weighted by atomic mass is 16.5. The highest BCUT2D eigenvalue weighted by Gasteiger charge is 2.27. The van der Waals surface area contributed by atoms with Gasteiger partial charge in [0.1, 0.15) is 12.7 Å². The molecule has 1 N–H and O–H groups in total. The van der Waals surface area contributed by atoms with Gasteiger partial charge in [0, 0.05) is 6.92 Å². The SMILES string of the molecule is CC(=O)OC/C=C(/C)C(O)C#C/C(C)=C\CC1=C(C)CCCC1(C)C. The smallest absolute Gasteiger partial charge is 0.302 e. The Hall–Kier alpha value is -1.79. The summed E-state index contributed by atoms with van der Waals surface area (Å²) in [6.07, 6.45) is 7.63. The molecular formula is C22H32O3. The number of carbonyl (C=O) groups excluding carboxylic acids is 1. The van der Waals surface area contributed by atoms with Gasteiger partial charge in [-0.1, -0.05) is 42.9 Å². The van der Waals surface area contributed by atoms with Crippen molar-refractivity contribution >= 4 is 5.97 Å². The van der Waals surface area contributed by atoms with Crippen molar-refractivity contribution in [3.63, 3.8) is 0 Å². The van der Waals surface area contributed by atoms with Gasteiger partial charge in [0.2, 0.25) is 0 Å². The Kier molecular flexibility index (Phi) is 8.19. The second-order valence-corrected chi connectivity index (χ2v) is 7.51. The molecular weight excluding hydrogens is 312 g/mol. The van der Waals surface area contributed by atoms with E-state index in [2.05, 4.69) is 38.7 Å². The second kappa shape index (κ2) is 9.63. The van der Waals surface area contributed by atoms with Gasteiger partial charge in [0.25, 0.3) is 0 Å². The summed E-state index contributed by atoms with van der Waals surface area (Å²) >= 11 is 0. The fourth-order valence-electron chi connectivity index (χ4n) is 3.13. The van der Waals surface area contributed by atoms with Gasteiger partial charge in [-0.05, 0) is 69.1 Å². The number of esters is 1. The van der Waals surface area contributed by atoms with Crippen molar-refractivity contribution in [1.82, 2.24) is 0 Å². The molecule has 1 atom stereocenters. The molecule has 0 heterocycles. The molecule has 0 aromatic rings. The van der Waals surface area contributed by atoms with E-state index in [4.69, 9.17) is 4.74 Å². The summed E-state index contributed by atoms with van der Waals surface area (Å²) in [5, 5.41) is 10.1. The first-order chi connectivity index (χ1) is 11.6. The highest BCUT2D eigenvalue weighted by molar-refractivity contribution is 5.66. The maximum atomic E-state index is 10.7. The molecule has 0 saturated heterocycles. The van der Waals surface area contributed by atoms with Crippen LogP contribution in [-0.2, 0) is 9.53 Å². The zero-order chi connectivity index (χ0) is 19.0. The number of rotatable bonds is 5. The lowest BCUT2D eigenvalue weighted by molar-refractivity contribution is -0.139. The van der Waals surface area contributed by atoms with Crippen LogP contribution in [0.3, 0.4) is 0 Å². The molecule has 0 fully saturated rings. The summed E-state index contributed by atoms with van der Waals surface area (Å²) in [6, 6.07) is 0. The maximum absolute atomic E-state index is 10.7. The van der Waals surface area contributed by atoms with Gasteiger partial charge in [-0.3, -0.25) is 4.79 Å². The topological polar surface area (TPSA) is 46.5 Å². The third-order valence-corrected chi connectivity index (χ3v) is 4.83. The van der Waals surface area contributed by atoms with Crippen LogP contribution >= 0.6 is 0 Å². The molecule has 3 heteroatoms. The Balaban J connectivity index is 2.69. The number of hydrogen-bond donors (Lipinski definition) is 1. The van der Waals surface area contributed by atoms with Crippen LogP contribution in [0.4, 0.5) is 0 Å². The third kappa shape index (κ3) is 7.32. The van der Waals surface area contributed by atoms with Crippen LogP contribution in [0.25, 0.3) is 0 Å². The largest absolute Gasteiger partial charge is 0.462 e. The Morgan fingerprint density at radius 3 is 2.60 bits per heavy atom. The van der Waals surface area contributed by atoms with Gasteiger partial charge < -0.3 is 9.84 Å². The first-order valence-electron chi connectivity index (χ1n) is 8.99. The van der Waals surface area contributed by atoms with E-state index in [0.717, 1.165) is 12.0 Å². The molecule has 1 rings (SSSR count). The van der Waals surface area contributed by atoms with Crippen molar-refractivity contribution in [2.24, 2.45) is 5.41 Å². The van der Waals surface area contributed by atoms with Crippen molar-refractivity contribution in [2.45, 2.75) is 73.3 Å². The zero-order valence-electron chi connectivity index (χ0n) is 16.5. The summed E-state index contributed by atoms with van der Waals surface area (Å²) < 4.78 is 4.83. The van der Waals surface area contributed by atoms with Crippen LogP contribution in [0, 0.1) is 17.3 Å². The normalized spacial score (nSPS) is 19.2. The lowest BCUT2D eigenvalue weighted by Crippen LogP contribution is -2.20. The van der Waals surface area contributed by atoms with Gasteiger partial charge in [-0.2, -0.15) is 0 Å². The molecule has 0 amide bonds. The predicted molar refractivity (Wildman–Crippen MR) is 103 cm³/mol. The van der Waals surface area contributed by atoms with Crippen LogP contribution in [0.2, 0.25) is 0 Å². The quantitative estimate of drug-likeness (QED) is 0.446. The van der Waals surface area contributed by atoms with Gasteiger partial charge >= 0.3 is 5.97 Å². The molecule has 0 saturated carbocycles. The number of carbonyl (C=O) groups is 1. The van der Waals surface area contributed by atoms with E-state index in [1.807, 2.05) is 6.92 Å². The summed E-state index contributed by atoms with van der Waals surface area (Å²) in [7, 11) is 0. The average molecular weight is 344 g/mol. The Morgan fingerprint density at radius 1 is 1.32 bits per heavy atom. The molecule has 1 unspecified atom stereocenters. The summed E-state index contributed by atoms with van der Waals surface area (Å²) in [6.45, 7) is 12.2. The van der Waals surface area contributed by atoms with Gasteiger partial charge in [-0.15, -0.1) is 0 Å². The molecule has 0 radical (unpaired) electrons. The van der Waals surface area contributed by atoms with Crippen LogP contribution in [-0.4, -0.2) is 23.8 Å². The maximum Gasteiger partial charge on any atom is 0.302 e. The molecule has 0 bridgehead atoms. The fourth-order valence-corrected chi connectivity index (χ4v) is 3.13. The number of aliphatic hydroxyl groups is 1. The minimum atomic E-state index is -0.842. The number of ether oxygens (including phenoxy) is 1. The van der Waals surface area contributed by atoms with E-state index in [1.165, 1.54) is 37.3 Å². The van der Waals surface area contributed by atoms with Crippen molar-refractivity contribution in [3.8, 4) is 11.8 Å². The van der Waals surface area contributed by atoms with E-state index < -0.39 is 6.10 Å². The van der Waals surface area contributed by atoms with Gasteiger partial charge in [-0.25, -0.2) is 0 Å². The van der Waals surface area contributed by atoms with Crippen molar-refractivity contribution in [2.75, 3.05) is 6.61 Å². The van der Waals surface area contributed by atoms with E-state index in [0.29, 0.717) is 5.57 Å². The van der Waals surface area contributed by atoms with Crippen LogP contribution < -0.4 is 0 Å². The van der Waals surface area contributed by atoms with E-state index in [9.17, 15) is 9.90 Å². The Bertz CT molecular complexity index is 636. The standard InChI is InChI=1S/C22H32O3/c1-16(9-11-20-17(2)8-7-14-22(20,5)6)10-12-21(24)18(3)13-15-25-19(4)23/h9,13,21,24H,7-8,11,14-15H2,1-6H3/b16-9-,18-13-. The van der Waals surface area contributed by atoms with E-state index in [-0.39, 0.29) is 18.0 Å². The number of hydrogen-bond acceptors (Lipinski definition) is 3. The van der Waals surface area contributed by atoms with Crippen LogP contribution in [0.1, 0.15) is 67.2 Å². The summed E-state index contributed by atoms with van der Waals surface area (Å²) in [5.41, 5.74) is 4.96. The first kappa shape index (κ1) is 21.3. The molecule has 1 aliphatic carbocycles. The van der Waals surface area contributed by atoms with Crippen LogP contribution in [0.5, 0.6) is 0 Å². The monoisotopic (exact) mass is 344 g/mol. The molecule has 1 aliphatic rings. The lowest BCUT2D eigenvalue weighted by Gasteiger charge is -2.34. The van der Waals surface area contributed by atoms with E-state index >= 15 is 0 Å². The molecule has 0 aromatic carbocycles. The molecule has 25 heavy (non-hydrogen) atoms. The number of aliphatic hydroxyl groups excluding tert-OH is 1. The molecule has 138 valence electrons. The zero-order valence-corrected chi connectivity index (χ0v) is 16.5. The molecule has 0 aromatic heterocycles. The highest BCUT2D eigenvalue weighted by Crippen LogP contribution is 2.41.